The second kappa shape index (κ2) is 8.17. The van der Waals surface area contributed by atoms with Gasteiger partial charge in [-0.1, -0.05) is 19.8 Å². The lowest BCUT2D eigenvalue weighted by atomic mass is 10.2. The van der Waals surface area contributed by atoms with E-state index in [2.05, 4.69) is 31.2 Å². The van der Waals surface area contributed by atoms with E-state index in [0.717, 1.165) is 55.4 Å². The highest BCUT2D eigenvalue weighted by molar-refractivity contribution is 5.84. The van der Waals surface area contributed by atoms with Gasteiger partial charge in [0.05, 0.1) is 11.7 Å². The van der Waals surface area contributed by atoms with Gasteiger partial charge in [0, 0.05) is 50.2 Å². The van der Waals surface area contributed by atoms with Crippen molar-refractivity contribution < 1.29 is 9.53 Å². The standard InChI is InChI=1S/C20H29N5O2/c1-2-7-21-20(26)27-19-13-15-12-18(22-14-17(15)23-19)25-10-8-24(9-11-25)16-5-3-4-6-16/h12-14,16,23H,2-11H2,1H3,(H,21,26). The summed E-state index contributed by atoms with van der Waals surface area (Å²) in [4.78, 5) is 24.4. The number of piperazine rings is 1. The maximum Gasteiger partial charge on any atom is 0.413 e. The number of amides is 1. The summed E-state index contributed by atoms with van der Waals surface area (Å²) in [6, 6.07) is 4.74. The van der Waals surface area contributed by atoms with E-state index in [4.69, 9.17) is 4.74 Å². The Bertz CT molecular complexity index is 776. The smallest absolute Gasteiger partial charge is 0.393 e. The first kappa shape index (κ1) is 18.1. The van der Waals surface area contributed by atoms with Crippen molar-refractivity contribution in [3.05, 3.63) is 18.3 Å². The molecular formula is C20H29N5O2. The predicted octanol–water partition coefficient (Wildman–Crippen LogP) is 3.13. The molecule has 4 rings (SSSR count). The van der Waals surface area contributed by atoms with E-state index in [9.17, 15) is 4.79 Å². The molecule has 1 aliphatic heterocycles. The minimum Gasteiger partial charge on any atom is -0.393 e. The summed E-state index contributed by atoms with van der Waals surface area (Å²) in [5, 5.41) is 3.72. The van der Waals surface area contributed by atoms with Crippen LogP contribution >= 0.6 is 0 Å². The fourth-order valence-corrected chi connectivity index (χ4v) is 4.17. The van der Waals surface area contributed by atoms with Crippen LogP contribution in [0.15, 0.2) is 18.3 Å². The van der Waals surface area contributed by atoms with Crippen LogP contribution in [0.25, 0.3) is 10.9 Å². The molecule has 0 radical (unpaired) electrons. The molecule has 2 aromatic rings. The quantitative estimate of drug-likeness (QED) is 0.845. The third-order valence-electron chi connectivity index (χ3n) is 5.67. The minimum absolute atomic E-state index is 0.431. The van der Waals surface area contributed by atoms with E-state index < -0.39 is 6.09 Å². The van der Waals surface area contributed by atoms with Gasteiger partial charge in [-0.05, 0) is 25.3 Å². The van der Waals surface area contributed by atoms with E-state index in [0.29, 0.717) is 12.4 Å². The van der Waals surface area contributed by atoms with E-state index in [1.807, 2.05) is 19.2 Å². The Balaban J connectivity index is 1.39. The number of carbonyl (C=O) groups excluding carboxylic acids is 1. The van der Waals surface area contributed by atoms with Crippen molar-refractivity contribution >= 4 is 22.8 Å². The first-order valence-corrected chi connectivity index (χ1v) is 10.2. The van der Waals surface area contributed by atoms with Crippen molar-refractivity contribution in [3.63, 3.8) is 0 Å². The van der Waals surface area contributed by atoms with Crippen LogP contribution in [0.3, 0.4) is 0 Å². The normalized spacial score (nSPS) is 18.9. The molecule has 2 aliphatic rings. The van der Waals surface area contributed by atoms with Gasteiger partial charge in [0.15, 0.2) is 0 Å². The Labute approximate surface area is 160 Å². The number of pyridine rings is 1. The summed E-state index contributed by atoms with van der Waals surface area (Å²) in [6.07, 6.45) is 7.77. The lowest BCUT2D eigenvalue weighted by Gasteiger charge is -2.38. The monoisotopic (exact) mass is 371 g/mol. The third-order valence-corrected chi connectivity index (χ3v) is 5.67. The van der Waals surface area contributed by atoms with Crippen LogP contribution in [0, 0.1) is 0 Å². The van der Waals surface area contributed by atoms with Gasteiger partial charge < -0.3 is 19.9 Å². The number of nitrogens with zero attached hydrogens (tertiary/aromatic N) is 3. The van der Waals surface area contributed by atoms with Gasteiger partial charge in [-0.3, -0.25) is 4.90 Å². The number of fused-ring (bicyclic) bond motifs is 1. The molecule has 2 fully saturated rings. The Kier molecular flexibility index (Phi) is 5.48. The number of H-pyrrole nitrogens is 1. The molecule has 0 aromatic carbocycles. The molecule has 1 aliphatic carbocycles. The molecule has 27 heavy (non-hydrogen) atoms. The topological polar surface area (TPSA) is 73.5 Å². The fourth-order valence-electron chi connectivity index (χ4n) is 4.17. The molecule has 0 spiro atoms. The van der Waals surface area contributed by atoms with Crippen LogP contribution in [0.5, 0.6) is 5.88 Å². The van der Waals surface area contributed by atoms with E-state index in [1.165, 1.54) is 25.7 Å². The largest absolute Gasteiger partial charge is 0.413 e. The molecule has 3 heterocycles. The van der Waals surface area contributed by atoms with Crippen LogP contribution in [-0.2, 0) is 0 Å². The van der Waals surface area contributed by atoms with Crippen molar-refractivity contribution in [2.45, 2.75) is 45.1 Å². The average molecular weight is 371 g/mol. The van der Waals surface area contributed by atoms with Crippen LogP contribution in [-0.4, -0.2) is 59.7 Å². The van der Waals surface area contributed by atoms with Gasteiger partial charge in [0.2, 0.25) is 5.88 Å². The number of hydrogen-bond donors (Lipinski definition) is 2. The molecule has 2 aromatic heterocycles. The maximum atomic E-state index is 11.7. The second-order valence-corrected chi connectivity index (χ2v) is 7.54. The Hall–Kier alpha value is -2.28. The first-order chi connectivity index (χ1) is 13.2. The molecule has 2 N–H and O–H groups in total. The zero-order chi connectivity index (χ0) is 18.6. The first-order valence-electron chi connectivity index (χ1n) is 10.2. The molecular weight excluding hydrogens is 342 g/mol. The van der Waals surface area contributed by atoms with Crippen LogP contribution < -0.4 is 15.0 Å². The molecule has 1 saturated heterocycles. The molecule has 1 saturated carbocycles. The predicted molar refractivity (Wildman–Crippen MR) is 106 cm³/mol. The highest BCUT2D eigenvalue weighted by Crippen LogP contribution is 2.27. The number of nitrogens with one attached hydrogen (secondary N) is 2. The number of ether oxygens (including phenoxy) is 1. The zero-order valence-corrected chi connectivity index (χ0v) is 16.0. The number of hydrogen-bond acceptors (Lipinski definition) is 5. The van der Waals surface area contributed by atoms with Crippen molar-refractivity contribution in [1.29, 1.82) is 0 Å². The average Bonchev–Trinajstić information content (AvgIpc) is 3.35. The molecule has 0 unspecified atom stereocenters. The highest BCUT2D eigenvalue weighted by atomic mass is 16.6. The second-order valence-electron chi connectivity index (χ2n) is 7.54. The zero-order valence-electron chi connectivity index (χ0n) is 16.0. The summed E-state index contributed by atoms with van der Waals surface area (Å²) in [5.41, 5.74) is 0.877. The maximum absolute atomic E-state index is 11.7. The summed E-state index contributed by atoms with van der Waals surface area (Å²) >= 11 is 0. The van der Waals surface area contributed by atoms with Crippen LogP contribution in [0.2, 0.25) is 0 Å². The number of aromatic nitrogens is 2. The SMILES string of the molecule is CCCNC(=O)Oc1cc2cc(N3CCN(C4CCCC4)CC3)ncc2[nH]1. The minimum atomic E-state index is -0.431. The van der Waals surface area contributed by atoms with Crippen molar-refractivity contribution in [3.8, 4) is 5.88 Å². The number of anilines is 1. The van der Waals surface area contributed by atoms with Crippen molar-refractivity contribution in [2.24, 2.45) is 0 Å². The van der Waals surface area contributed by atoms with Gasteiger partial charge in [-0.2, -0.15) is 0 Å². The van der Waals surface area contributed by atoms with Crippen molar-refractivity contribution in [2.75, 3.05) is 37.6 Å². The molecule has 1 amide bonds. The van der Waals surface area contributed by atoms with E-state index in [-0.39, 0.29) is 0 Å². The fraction of sp³-hybridized carbons (Fsp3) is 0.600. The lowest BCUT2D eigenvalue weighted by Crippen LogP contribution is -2.49. The summed E-state index contributed by atoms with van der Waals surface area (Å²) < 4.78 is 5.30. The summed E-state index contributed by atoms with van der Waals surface area (Å²) in [7, 11) is 0. The molecule has 0 bridgehead atoms. The number of aromatic amines is 1. The van der Waals surface area contributed by atoms with E-state index >= 15 is 0 Å². The number of rotatable bonds is 5. The van der Waals surface area contributed by atoms with Gasteiger partial charge in [-0.25, -0.2) is 9.78 Å². The van der Waals surface area contributed by atoms with Gasteiger partial charge in [0.1, 0.15) is 5.82 Å². The Morgan fingerprint density at radius 2 is 2.04 bits per heavy atom. The van der Waals surface area contributed by atoms with Gasteiger partial charge in [0.25, 0.3) is 0 Å². The Morgan fingerprint density at radius 3 is 2.78 bits per heavy atom. The molecule has 7 nitrogen and oxygen atoms in total. The number of carbonyl (C=O) groups is 1. The van der Waals surface area contributed by atoms with Gasteiger partial charge in [-0.15, -0.1) is 0 Å². The summed E-state index contributed by atoms with van der Waals surface area (Å²) in [5.74, 6) is 1.44. The van der Waals surface area contributed by atoms with Crippen molar-refractivity contribution in [1.82, 2.24) is 20.2 Å². The van der Waals surface area contributed by atoms with Gasteiger partial charge >= 0.3 is 6.09 Å². The van der Waals surface area contributed by atoms with Crippen LogP contribution in [0.1, 0.15) is 39.0 Å². The molecule has 0 atom stereocenters. The summed E-state index contributed by atoms with van der Waals surface area (Å²) in [6.45, 7) is 6.87. The Morgan fingerprint density at radius 1 is 1.26 bits per heavy atom. The molecule has 7 heteroatoms. The third kappa shape index (κ3) is 4.18. The lowest BCUT2D eigenvalue weighted by molar-refractivity contribution is 0.187. The molecule has 146 valence electrons. The van der Waals surface area contributed by atoms with Crippen LogP contribution in [0.4, 0.5) is 10.6 Å². The highest BCUT2D eigenvalue weighted by Gasteiger charge is 2.26. The van der Waals surface area contributed by atoms with E-state index in [1.54, 1.807) is 0 Å².